The van der Waals surface area contributed by atoms with Gasteiger partial charge in [-0.2, -0.15) is 0 Å². The molecule has 3 rings (SSSR count). The van der Waals surface area contributed by atoms with Crippen molar-refractivity contribution < 1.29 is 13.5 Å². The molecule has 0 amide bonds. The molecule has 0 saturated carbocycles. The minimum absolute atomic E-state index is 0.0905. The fraction of sp³-hybridized carbons (Fsp3) is 0.214. The van der Waals surface area contributed by atoms with Gasteiger partial charge in [-0.05, 0) is 31.2 Å². The standard InChI is InChI=1S/C14H12F2N2O/c1-8-14(11-4-2-10(16)7-17-11)19-13-5-3-9(15)6-12(13)18-8/h2-8,14,18H,1H3. The summed E-state index contributed by atoms with van der Waals surface area (Å²) in [4.78, 5) is 4.03. The van der Waals surface area contributed by atoms with E-state index in [0.717, 1.165) is 6.20 Å². The first-order valence-corrected chi connectivity index (χ1v) is 5.98. The van der Waals surface area contributed by atoms with Crippen molar-refractivity contribution in [3.8, 4) is 5.75 Å². The predicted molar refractivity (Wildman–Crippen MR) is 67.0 cm³/mol. The first-order valence-electron chi connectivity index (χ1n) is 5.98. The molecule has 0 saturated heterocycles. The van der Waals surface area contributed by atoms with Crippen LogP contribution in [-0.2, 0) is 0 Å². The molecule has 2 unspecified atom stereocenters. The van der Waals surface area contributed by atoms with Crippen LogP contribution in [0.15, 0.2) is 36.5 Å². The first kappa shape index (κ1) is 11.9. The summed E-state index contributed by atoms with van der Waals surface area (Å²) in [6.45, 7) is 1.91. The van der Waals surface area contributed by atoms with Gasteiger partial charge >= 0.3 is 0 Å². The van der Waals surface area contributed by atoms with Crippen molar-refractivity contribution in [2.24, 2.45) is 0 Å². The molecule has 1 aromatic heterocycles. The van der Waals surface area contributed by atoms with Crippen molar-refractivity contribution in [2.75, 3.05) is 5.32 Å². The van der Waals surface area contributed by atoms with Gasteiger partial charge in [-0.3, -0.25) is 4.98 Å². The molecular weight excluding hydrogens is 250 g/mol. The number of rotatable bonds is 1. The topological polar surface area (TPSA) is 34.1 Å². The minimum atomic E-state index is -0.386. The maximum Gasteiger partial charge on any atom is 0.160 e. The Balaban J connectivity index is 1.93. The van der Waals surface area contributed by atoms with Gasteiger partial charge in [-0.15, -0.1) is 0 Å². The van der Waals surface area contributed by atoms with Crippen LogP contribution in [0.5, 0.6) is 5.75 Å². The van der Waals surface area contributed by atoms with Crippen LogP contribution in [-0.4, -0.2) is 11.0 Å². The number of benzene rings is 1. The van der Waals surface area contributed by atoms with E-state index in [9.17, 15) is 8.78 Å². The summed E-state index contributed by atoms with van der Waals surface area (Å²) in [6, 6.07) is 7.14. The van der Waals surface area contributed by atoms with Crippen LogP contribution in [0.25, 0.3) is 0 Å². The monoisotopic (exact) mass is 262 g/mol. The van der Waals surface area contributed by atoms with Crippen LogP contribution in [0.2, 0.25) is 0 Å². The van der Waals surface area contributed by atoms with Crippen molar-refractivity contribution in [1.82, 2.24) is 4.98 Å². The van der Waals surface area contributed by atoms with E-state index < -0.39 is 0 Å². The number of pyridine rings is 1. The smallest absolute Gasteiger partial charge is 0.160 e. The zero-order valence-electron chi connectivity index (χ0n) is 10.2. The van der Waals surface area contributed by atoms with E-state index in [1.165, 1.54) is 18.2 Å². The van der Waals surface area contributed by atoms with Gasteiger partial charge in [0, 0.05) is 6.07 Å². The maximum absolute atomic E-state index is 13.1. The summed E-state index contributed by atoms with van der Waals surface area (Å²) in [5.41, 5.74) is 1.25. The molecule has 0 spiro atoms. The summed E-state index contributed by atoms with van der Waals surface area (Å²) in [7, 11) is 0. The van der Waals surface area contributed by atoms with Crippen molar-refractivity contribution in [3.05, 3.63) is 53.9 Å². The molecule has 2 atom stereocenters. The Kier molecular flexibility index (Phi) is 2.81. The largest absolute Gasteiger partial charge is 0.480 e. The molecule has 98 valence electrons. The lowest BCUT2D eigenvalue weighted by atomic mass is 10.1. The molecule has 3 nitrogen and oxygen atoms in total. The van der Waals surface area contributed by atoms with Gasteiger partial charge < -0.3 is 10.1 Å². The van der Waals surface area contributed by atoms with Crippen LogP contribution in [0.4, 0.5) is 14.5 Å². The number of nitrogens with zero attached hydrogens (tertiary/aromatic N) is 1. The van der Waals surface area contributed by atoms with Gasteiger partial charge in [0.05, 0.1) is 23.6 Å². The summed E-state index contributed by atoms with van der Waals surface area (Å²) in [5, 5.41) is 3.17. The summed E-state index contributed by atoms with van der Waals surface area (Å²) >= 11 is 0. The van der Waals surface area contributed by atoms with E-state index in [1.807, 2.05) is 6.92 Å². The quantitative estimate of drug-likeness (QED) is 0.856. The van der Waals surface area contributed by atoms with Crippen LogP contribution in [0.3, 0.4) is 0 Å². The molecule has 5 heteroatoms. The molecule has 1 aliphatic heterocycles. The SMILES string of the molecule is CC1Nc2cc(F)ccc2OC1c1ccc(F)cn1. The summed E-state index contributed by atoms with van der Waals surface area (Å²) < 4.78 is 31.8. The number of halogens is 2. The van der Waals surface area contributed by atoms with Gasteiger partial charge in [0.15, 0.2) is 6.10 Å². The van der Waals surface area contributed by atoms with Crippen molar-refractivity contribution in [2.45, 2.75) is 19.1 Å². The van der Waals surface area contributed by atoms with Gasteiger partial charge in [-0.25, -0.2) is 8.78 Å². The number of nitrogens with one attached hydrogen (secondary N) is 1. The average molecular weight is 262 g/mol. The summed E-state index contributed by atoms with van der Waals surface area (Å²) in [6.07, 6.45) is 0.824. The molecule has 19 heavy (non-hydrogen) atoms. The highest BCUT2D eigenvalue weighted by Gasteiger charge is 2.28. The summed E-state index contributed by atoms with van der Waals surface area (Å²) in [5.74, 6) is -0.140. The number of hydrogen-bond acceptors (Lipinski definition) is 3. The second kappa shape index (κ2) is 4.50. The third-order valence-corrected chi connectivity index (χ3v) is 3.07. The highest BCUT2D eigenvalue weighted by Crippen LogP contribution is 2.37. The molecule has 0 aliphatic carbocycles. The molecule has 1 aromatic carbocycles. The van der Waals surface area contributed by atoms with Gasteiger partial charge in [0.1, 0.15) is 17.4 Å². The van der Waals surface area contributed by atoms with E-state index in [0.29, 0.717) is 17.1 Å². The Morgan fingerprint density at radius 2 is 1.95 bits per heavy atom. The van der Waals surface area contributed by atoms with Crippen LogP contribution in [0.1, 0.15) is 18.7 Å². The Bertz CT molecular complexity index is 601. The molecule has 2 heterocycles. The van der Waals surface area contributed by atoms with Crippen molar-refractivity contribution in [1.29, 1.82) is 0 Å². The van der Waals surface area contributed by atoms with Gasteiger partial charge in [0.2, 0.25) is 0 Å². The van der Waals surface area contributed by atoms with Gasteiger partial charge in [-0.1, -0.05) is 0 Å². The predicted octanol–water partition coefficient (Wildman–Crippen LogP) is 3.29. The molecule has 1 aliphatic rings. The highest BCUT2D eigenvalue weighted by atomic mass is 19.1. The minimum Gasteiger partial charge on any atom is -0.480 e. The van der Waals surface area contributed by atoms with Crippen molar-refractivity contribution in [3.63, 3.8) is 0 Å². The van der Waals surface area contributed by atoms with Gasteiger partial charge in [0.25, 0.3) is 0 Å². The molecule has 0 bridgehead atoms. The Morgan fingerprint density at radius 3 is 2.68 bits per heavy atom. The number of aromatic nitrogens is 1. The van der Waals surface area contributed by atoms with Crippen LogP contribution >= 0.6 is 0 Å². The normalized spacial score (nSPS) is 21.2. The zero-order valence-corrected chi connectivity index (χ0v) is 10.2. The molecule has 1 N–H and O–H groups in total. The zero-order chi connectivity index (χ0) is 13.4. The fourth-order valence-electron chi connectivity index (χ4n) is 2.15. The lowest BCUT2D eigenvalue weighted by Crippen LogP contribution is -2.33. The first-order chi connectivity index (χ1) is 9.13. The Morgan fingerprint density at radius 1 is 1.16 bits per heavy atom. The molecule has 2 aromatic rings. The van der Waals surface area contributed by atoms with E-state index in [-0.39, 0.29) is 23.8 Å². The van der Waals surface area contributed by atoms with E-state index in [4.69, 9.17) is 4.74 Å². The third-order valence-electron chi connectivity index (χ3n) is 3.07. The fourth-order valence-corrected chi connectivity index (χ4v) is 2.15. The van der Waals surface area contributed by atoms with Crippen molar-refractivity contribution >= 4 is 5.69 Å². The number of hydrogen-bond donors (Lipinski definition) is 1. The second-order valence-corrected chi connectivity index (χ2v) is 4.51. The van der Waals surface area contributed by atoms with Crippen LogP contribution in [0, 0.1) is 11.6 Å². The lowest BCUT2D eigenvalue weighted by molar-refractivity contribution is 0.172. The van der Waals surface area contributed by atoms with E-state index >= 15 is 0 Å². The lowest BCUT2D eigenvalue weighted by Gasteiger charge is -2.32. The number of ether oxygens (including phenoxy) is 1. The number of fused-ring (bicyclic) bond motifs is 1. The Labute approximate surface area is 109 Å². The third kappa shape index (κ3) is 2.23. The second-order valence-electron chi connectivity index (χ2n) is 4.51. The maximum atomic E-state index is 13.1. The highest BCUT2D eigenvalue weighted by molar-refractivity contribution is 5.59. The molecule has 0 radical (unpaired) electrons. The van der Waals surface area contributed by atoms with E-state index in [2.05, 4.69) is 10.3 Å². The van der Waals surface area contributed by atoms with E-state index in [1.54, 1.807) is 12.1 Å². The molecule has 0 fully saturated rings. The van der Waals surface area contributed by atoms with Crippen LogP contribution < -0.4 is 10.1 Å². The Hall–Kier alpha value is -2.17. The number of anilines is 1. The average Bonchev–Trinajstić information content (AvgIpc) is 2.39. The molecular formula is C14H12F2N2O.